The van der Waals surface area contributed by atoms with Gasteiger partial charge in [-0.05, 0) is 76.3 Å². The van der Waals surface area contributed by atoms with Crippen LogP contribution in [0.25, 0.3) is 11.3 Å². The van der Waals surface area contributed by atoms with Gasteiger partial charge in [-0.2, -0.15) is 0 Å². The summed E-state index contributed by atoms with van der Waals surface area (Å²) in [6.45, 7) is 8.30. The Morgan fingerprint density at radius 1 is 1.15 bits per heavy atom. The largest absolute Gasteiger partial charge is 0.444 e. The van der Waals surface area contributed by atoms with E-state index in [1.807, 2.05) is 43.9 Å². The van der Waals surface area contributed by atoms with Crippen molar-refractivity contribution in [1.29, 1.82) is 0 Å². The normalized spacial score (nSPS) is 24.5. The quantitative estimate of drug-likeness (QED) is 0.424. The van der Waals surface area contributed by atoms with Gasteiger partial charge in [-0.1, -0.05) is 34.4 Å². The first-order valence-electron chi connectivity index (χ1n) is 12.2. The van der Waals surface area contributed by atoms with Crippen LogP contribution in [0.15, 0.2) is 22.7 Å². The van der Waals surface area contributed by atoms with Crippen LogP contribution in [-0.4, -0.2) is 41.4 Å². The summed E-state index contributed by atoms with van der Waals surface area (Å²) >= 11 is 12.9. The summed E-state index contributed by atoms with van der Waals surface area (Å²) in [5.41, 5.74) is 1.86. The molecule has 184 valence electrons. The van der Waals surface area contributed by atoms with Crippen LogP contribution in [0.4, 0.5) is 4.79 Å². The van der Waals surface area contributed by atoms with E-state index in [1.54, 1.807) is 0 Å². The fraction of sp³-hybridized carbons (Fsp3) is 0.615. The Morgan fingerprint density at radius 2 is 1.88 bits per heavy atom. The first-order valence-corrected chi connectivity index (χ1v) is 13.0. The SMILES string of the molecule is CC(C)(C)OC(=O)N1CC2CCC(COCc3c(-c4c(Cl)cccc4Cl)noc3C3CC3)C2C1. The summed E-state index contributed by atoms with van der Waals surface area (Å²) in [5, 5.41) is 5.45. The average molecular weight is 507 g/mol. The summed E-state index contributed by atoms with van der Waals surface area (Å²) < 4.78 is 17.6. The molecule has 0 radical (unpaired) electrons. The van der Waals surface area contributed by atoms with Crippen molar-refractivity contribution in [3.05, 3.63) is 39.6 Å². The number of fused-ring (bicyclic) bond motifs is 1. The van der Waals surface area contributed by atoms with Gasteiger partial charge in [0.25, 0.3) is 0 Å². The Bertz CT molecular complexity index is 1040. The molecule has 3 aliphatic rings. The maximum atomic E-state index is 12.5. The Labute approximate surface area is 210 Å². The van der Waals surface area contributed by atoms with Crippen LogP contribution in [-0.2, 0) is 16.1 Å². The second-order valence-corrected chi connectivity index (χ2v) is 11.7. The van der Waals surface area contributed by atoms with Gasteiger partial charge in [0.05, 0.1) is 23.3 Å². The Morgan fingerprint density at radius 3 is 2.56 bits per heavy atom. The third-order valence-electron chi connectivity index (χ3n) is 7.20. The van der Waals surface area contributed by atoms with E-state index < -0.39 is 5.60 Å². The average Bonchev–Trinajstić information content (AvgIpc) is 3.20. The molecular weight excluding hydrogens is 475 g/mol. The summed E-state index contributed by atoms with van der Waals surface area (Å²) in [6, 6.07) is 5.45. The maximum absolute atomic E-state index is 12.5. The highest BCUT2D eigenvalue weighted by molar-refractivity contribution is 6.39. The number of halogens is 2. The summed E-state index contributed by atoms with van der Waals surface area (Å²) in [6.07, 6.45) is 4.25. The second kappa shape index (κ2) is 9.36. The molecule has 1 aromatic heterocycles. The fourth-order valence-corrected chi connectivity index (χ4v) is 6.00. The molecule has 5 rings (SSSR count). The van der Waals surface area contributed by atoms with Gasteiger partial charge < -0.3 is 18.9 Å². The minimum absolute atomic E-state index is 0.207. The monoisotopic (exact) mass is 506 g/mol. The molecule has 2 aromatic rings. The maximum Gasteiger partial charge on any atom is 0.410 e. The van der Waals surface area contributed by atoms with Crippen molar-refractivity contribution in [2.24, 2.45) is 17.8 Å². The molecule has 1 saturated heterocycles. The highest BCUT2D eigenvalue weighted by atomic mass is 35.5. The molecule has 0 N–H and O–H groups in total. The Kier molecular flexibility index (Phi) is 6.60. The lowest BCUT2D eigenvalue weighted by molar-refractivity contribution is 0.0260. The number of amides is 1. The number of benzene rings is 1. The molecule has 34 heavy (non-hydrogen) atoms. The minimum atomic E-state index is -0.475. The van der Waals surface area contributed by atoms with Gasteiger partial charge in [0, 0.05) is 30.1 Å². The predicted molar refractivity (Wildman–Crippen MR) is 131 cm³/mol. The highest BCUT2D eigenvalue weighted by Crippen LogP contribution is 2.47. The lowest BCUT2D eigenvalue weighted by atomic mass is 9.93. The van der Waals surface area contributed by atoms with Gasteiger partial charge in [-0.15, -0.1) is 0 Å². The van der Waals surface area contributed by atoms with E-state index in [0.717, 1.165) is 50.1 Å². The number of hydrogen-bond acceptors (Lipinski definition) is 5. The van der Waals surface area contributed by atoms with Crippen LogP contribution in [0.2, 0.25) is 10.0 Å². The van der Waals surface area contributed by atoms with Gasteiger partial charge in [-0.25, -0.2) is 4.79 Å². The number of carbonyl (C=O) groups excluding carboxylic acids is 1. The molecule has 1 aromatic carbocycles. The molecule has 1 amide bonds. The minimum Gasteiger partial charge on any atom is -0.444 e. The van der Waals surface area contributed by atoms with Crippen molar-refractivity contribution >= 4 is 29.3 Å². The van der Waals surface area contributed by atoms with Crippen molar-refractivity contribution in [2.45, 2.75) is 64.6 Å². The van der Waals surface area contributed by atoms with E-state index in [4.69, 9.17) is 37.2 Å². The molecule has 6 nitrogen and oxygen atoms in total. The van der Waals surface area contributed by atoms with Crippen molar-refractivity contribution < 1.29 is 18.8 Å². The number of rotatable bonds is 6. The molecule has 2 saturated carbocycles. The summed E-state index contributed by atoms with van der Waals surface area (Å²) in [5.74, 6) is 2.70. The first-order chi connectivity index (χ1) is 16.2. The number of ether oxygens (including phenoxy) is 2. The van der Waals surface area contributed by atoms with Crippen LogP contribution in [0.5, 0.6) is 0 Å². The van der Waals surface area contributed by atoms with Gasteiger partial charge in [0.1, 0.15) is 17.1 Å². The zero-order valence-electron chi connectivity index (χ0n) is 20.0. The fourth-order valence-electron chi connectivity index (χ4n) is 5.42. The molecule has 3 fully saturated rings. The van der Waals surface area contributed by atoms with Crippen molar-refractivity contribution in [3.8, 4) is 11.3 Å². The number of aromatic nitrogens is 1. The van der Waals surface area contributed by atoms with Crippen LogP contribution in [0, 0.1) is 17.8 Å². The molecule has 2 aliphatic carbocycles. The standard InChI is InChI=1S/C26H32Cl2N2O4/c1-26(2,3)33-25(31)30-11-16-9-10-17(18(16)12-30)13-32-14-19-23(29-34-24(19)15-7-8-15)22-20(27)5-4-6-21(22)28/h4-6,15-18H,7-14H2,1-3H3. The van der Waals surface area contributed by atoms with Crippen LogP contribution >= 0.6 is 23.2 Å². The van der Waals surface area contributed by atoms with Gasteiger partial charge in [0.2, 0.25) is 0 Å². The summed E-state index contributed by atoms with van der Waals surface area (Å²) in [7, 11) is 0. The van der Waals surface area contributed by atoms with Gasteiger partial charge in [-0.3, -0.25) is 0 Å². The molecule has 3 atom stereocenters. The number of hydrogen-bond donors (Lipinski definition) is 0. The molecule has 2 heterocycles. The van der Waals surface area contributed by atoms with Gasteiger partial charge in [0.15, 0.2) is 0 Å². The smallest absolute Gasteiger partial charge is 0.410 e. The lowest BCUT2D eigenvalue weighted by Gasteiger charge is -2.25. The van der Waals surface area contributed by atoms with Crippen molar-refractivity contribution in [1.82, 2.24) is 10.1 Å². The molecule has 8 heteroatoms. The Balaban J connectivity index is 1.25. The third-order valence-corrected chi connectivity index (χ3v) is 7.83. The van der Waals surface area contributed by atoms with Crippen molar-refractivity contribution in [2.75, 3.05) is 19.7 Å². The van der Waals surface area contributed by atoms with Crippen LogP contribution in [0.1, 0.15) is 63.7 Å². The molecule has 1 aliphatic heterocycles. The zero-order valence-corrected chi connectivity index (χ0v) is 21.5. The molecular formula is C26H32Cl2N2O4. The predicted octanol–water partition coefficient (Wildman–Crippen LogP) is 6.94. The third kappa shape index (κ3) is 4.95. The number of likely N-dealkylation sites (tertiary alicyclic amines) is 1. The van der Waals surface area contributed by atoms with E-state index in [2.05, 4.69) is 5.16 Å². The van der Waals surface area contributed by atoms with E-state index in [0.29, 0.717) is 58.2 Å². The zero-order chi connectivity index (χ0) is 24.0. The first kappa shape index (κ1) is 24.0. The van der Waals surface area contributed by atoms with Gasteiger partial charge >= 0.3 is 6.09 Å². The van der Waals surface area contributed by atoms with E-state index in [-0.39, 0.29) is 6.09 Å². The summed E-state index contributed by atoms with van der Waals surface area (Å²) in [4.78, 5) is 14.4. The second-order valence-electron chi connectivity index (χ2n) is 10.9. The Hall–Kier alpha value is -1.76. The topological polar surface area (TPSA) is 64.8 Å². The molecule has 0 spiro atoms. The molecule has 0 bridgehead atoms. The van der Waals surface area contributed by atoms with E-state index in [9.17, 15) is 4.79 Å². The van der Waals surface area contributed by atoms with Crippen molar-refractivity contribution in [3.63, 3.8) is 0 Å². The number of nitrogens with zero attached hydrogens (tertiary/aromatic N) is 2. The molecule has 3 unspecified atom stereocenters. The van der Waals surface area contributed by atoms with E-state index in [1.165, 1.54) is 0 Å². The van der Waals surface area contributed by atoms with E-state index >= 15 is 0 Å². The van der Waals surface area contributed by atoms with Crippen LogP contribution in [0.3, 0.4) is 0 Å². The highest BCUT2D eigenvalue weighted by Gasteiger charge is 2.45. The van der Waals surface area contributed by atoms with Crippen LogP contribution < -0.4 is 0 Å². The number of carbonyl (C=O) groups is 1. The lowest BCUT2D eigenvalue weighted by Crippen LogP contribution is -2.36.